The fraction of sp³-hybridized carbons (Fsp3) is 0.273. The van der Waals surface area contributed by atoms with E-state index in [1.165, 1.54) is 5.56 Å². The Morgan fingerprint density at radius 2 is 2.19 bits per heavy atom. The molecule has 16 heavy (non-hydrogen) atoms. The van der Waals surface area contributed by atoms with E-state index < -0.39 is 0 Å². The number of benzene rings is 1. The number of H-pyrrole nitrogens is 2. The molecule has 0 aliphatic carbocycles. The topological polar surface area (TPSA) is 53.7 Å². The summed E-state index contributed by atoms with van der Waals surface area (Å²) in [7, 11) is 1.65. The third kappa shape index (κ3) is 1.99. The van der Waals surface area contributed by atoms with Gasteiger partial charge in [0.15, 0.2) is 5.82 Å². The first-order valence-electron chi connectivity index (χ1n) is 5.06. The first-order valence-corrected chi connectivity index (χ1v) is 5.47. The molecule has 2 N–H and O–H groups in total. The lowest BCUT2D eigenvalue weighted by molar-refractivity contribution is 0.415. The number of aromatic amines is 2. The van der Waals surface area contributed by atoms with Crippen LogP contribution in [0.5, 0.6) is 5.75 Å². The maximum absolute atomic E-state index is 5.34. The number of nitrogens with one attached hydrogen (secondary N) is 2. The van der Waals surface area contributed by atoms with E-state index in [0.717, 1.165) is 17.7 Å². The lowest BCUT2D eigenvalue weighted by Gasteiger charge is -2.07. The van der Waals surface area contributed by atoms with Gasteiger partial charge in [-0.25, -0.2) is 0 Å². The van der Waals surface area contributed by atoms with E-state index in [9.17, 15) is 0 Å². The molecular weight excluding hydrogens is 222 g/mol. The Hall–Kier alpha value is -1.62. The number of hydrogen-bond donors (Lipinski definition) is 2. The lowest BCUT2D eigenvalue weighted by atomic mass is 10.1. The zero-order valence-corrected chi connectivity index (χ0v) is 10.0. The quantitative estimate of drug-likeness (QED) is 0.804. The summed E-state index contributed by atoms with van der Waals surface area (Å²) >= 11 is 4.92. The highest BCUT2D eigenvalue weighted by atomic mass is 32.1. The molecular formula is C11H13N3OS. The van der Waals surface area contributed by atoms with Crippen LogP contribution in [0.25, 0.3) is 11.4 Å². The Balaban J connectivity index is 2.52. The Kier molecular flexibility index (Phi) is 3.05. The molecule has 0 aliphatic heterocycles. The van der Waals surface area contributed by atoms with Crippen LogP contribution >= 0.6 is 12.2 Å². The molecule has 1 aromatic carbocycles. The monoisotopic (exact) mass is 235 g/mol. The molecule has 0 saturated heterocycles. The molecule has 2 rings (SSSR count). The Morgan fingerprint density at radius 3 is 2.75 bits per heavy atom. The minimum absolute atomic E-state index is 0.441. The van der Waals surface area contributed by atoms with Crippen molar-refractivity contribution in [2.75, 3.05) is 7.11 Å². The summed E-state index contributed by atoms with van der Waals surface area (Å²) < 4.78 is 5.78. The van der Waals surface area contributed by atoms with Crippen LogP contribution < -0.4 is 4.74 Å². The maximum atomic E-state index is 5.34. The molecule has 0 aliphatic rings. The smallest absolute Gasteiger partial charge is 0.213 e. The van der Waals surface area contributed by atoms with Gasteiger partial charge in [-0.05, 0) is 36.3 Å². The molecule has 4 nitrogen and oxygen atoms in total. The van der Waals surface area contributed by atoms with Gasteiger partial charge in [-0.2, -0.15) is 4.98 Å². The number of aryl methyl sites for hydroxylation is 1. The first kappa shape index (κ1) is 10.9. The molecule has 0 atom stereocenters. The molecule has 84 valence electrons. The van der Waals surface area contributed by atoms with Gasteiger partial charge in [0, 0.05) is 0 Å². The highest BCUT2D eigenvalue weighted by Crippen LogP contribution is 2.28. The average molecular weight is 235 g/mol. The van der Waals surface area contributed by atoms with E-state index in [-0.39, 0.29) is 0 Å². The van der Waals surface area contributed by atoms with E-state index in [2.05, 4.69) is 28.2 Å². The second-order valence-electron chi connectivity index (χ2n) is 3.40. The molecule has 0 bridgehead atoms. The van der Waals surface area contributed by atoms with Gasteiger partial charge in [0.2, 0.25) is 4.77 Å². The van der Waals surface area contributed by atoms with Gasteiger partial charge in [-0.3, -0.25) is 10.2 Å². The van der Waals surface area contributed by atoms with E-state index in [4.69, 9.17) is 17.0 Å². The van der Waals surface area contributed by atoms with Crippen molar-refractivity contribution < 1.29 is 4.74 Å². The minimum Gasteiger partial charge on any atom is -0.496 e. The molecule has 0 unspecified atom stereocenters. The standard InChI is InChI=1S/C11H13N3OS/c1-3-7-4-5-8(9(6-7)15-2)10-12-11(16)14-13-10/h4-6H,3H2,1-2H3,(H2,12,13,14,16). The Labute approximate surface area is 98.7 Å². The number of nitrogens with zero attached hydrogens (tertiary/aromatic N) is 1. The fourth-order valence-electron chi connectivity index (χ4n) is 1.55. The first-order chi connectivity index (χ1) is 7.74. The predicted octanol–water partition coefficient (Wildman–Crippen LogP) is 2.71. The normalized spacial score (nSPS) is 10.4. The number of rotatable bonds is 3. The number of hydrogen-bond acceptors (Lipinski definition) is 3. The summed E-state index contributed by atoms with van der Waals surface area (Å²) in [5, 5.41) is 5.68. The summed E-state index contributed by atoms with van der Waals surface area (Å²) in [6.07, 6.45) is 0.979. The highest BCUT2D eigenvalue weighted by Gasteiger charge is 2.08. The molecule has 5 heteroatoms. The molecule has 0 saturated carbocycles. The van der Waals surface area contributed by atoms with Gasteiger partial charge in [-0.15, -0.1) is 0 Å². The van der Waals surface area contributed by atoms with Crippen molar-refractivity contribution in [3.8, 4) is 17.1 Å². The Bertz CT molecular complexity index is 544. The van der Waals surface area contributed by atoms with Crippen LogP contribution in [0.2, 0.25) is 0 Å². The van der Waals surface area contributed by atoms with Crippen molar-refractivity contribution in [3.05, 3.63) is 28.5 Å². The lowest BCUT2D eigenvalue weighted by Crippen LogP contribution is -1.91. The van der Waals surface area contributed by atoms with Gasteiger partial charge in [0.25, 0.3) is 0 Å². The number of aromatic nitrogens is 3. The molecule has 1 heterocycles. The molecule has 0 radical (unpaired) electrons. The highest BCUT2D eigenvalue weighted by molar-refractivity contribution is 7.71. The molecule has 1 aromatic heterocycles. The van der Waals surface area contributed by atoms with Crippen LogP contribution in [0.15, 0.2) is 18.2 Å². The van der Waals surface area contributed by atoms with Crippen LogP contribution in [-0.4, -0.2) is 22.3 Å². The third-order valence-electron chi connectivity index (χ3n) is 2.43. The van der Waals surface area contributed by atoms with E-state index >= 15 is 0 Å². The second-order valence-corrected chi connectivity index (χ2v) is 3.79. The molecule has 0 spiro atoms. The summed E-state index contributed by atoms with van der Waals surface area (Å²) in [4.78, 5) is 4.17. The SMILES string of the molecule is CCc1ccc(-c2nc(=S)[nH][nH]2)c(OC)c1. The average Bonchev–Trinajstić information content (AvgIpc) is 2.74. The van der Waals surface area contributed by atoms with Crippen molar-refractivity contribution in [2.45, 2.75) is 13.3 Å². The zero-order chi connectivity index (χ0) is 11.5. The predicted molar refractivity (Wildman–Crippen MR) is 65.1 cm³/mol. The summed E-state index contributed by atoms with van der Waals surface area (Å²) in [5.41, 5.74) is 2.14. The van der Waals surface area contributed by atoms with Crippen molar-refractivity contribution in [3.63, 3.8) is 0 Å². The Morgan fingerprint density at radius 1 is 1.38 bits per heavy atom. The summed E-state index contributed by atoms with van der Waals surface area (Å²) in [6, 6.07) is 6.06. The van der Waals surface area contributed by atoms with Crippen molar-refractivity contribution in [2.24, 2.45) is 0 Å². The van der Waals surface area contributed by atoms with Gasteiger partial charge >= 0.3 is 0 Å². The third-order valence-corrected chi connectivity index (χ3v) is 2.62. The van der Waals surface area contributed by atoms with Crippen LogP contribution in [0.1, 0.15) is 12.5 Å². The van der Waals surface area contributed by atoms with E-state index in [1.807, 2.05) is 12.1 Å². The molecule has 0 amide bonds. The maximum Gasteiger partial charge on any atom is 0.213 e. The molecule has 2 aromatic rings. The van der Waals surface area contributed by atoms with Crippen molar-refractivity contribution in [1.29, 1.82) is 0 Å². The largest absolute Gasteiger partial charge is 0.496 e. The van der Waals surface area contributed by atoms with Gasteiger partial charge in [0.1, 0.15) is 5.75 Å². The van der Waals surface area contributed by atoms with Crippen LogP contribution in [0.3, 0.4) is 0 Å². The fourth-order valence-corrected chi connectivity index (χ4v) is 1.69. The van der Waals surface area contributed by atoms with Gasteiger partial charge < -0.3 is 4.74 Å². The van der Waals surface area contributed by atoms with Crippen LogP contribution in [-0.2, 0) is 6.42 Å². The van der Waals surface area contributed by atoms with Crippen LogP contribution in [0.4, 0.5) is 0 Å². The van der Waals surface area contributed by atoms with Crippen LogP contribution in [0, 0.1) is 4.77 Å². The van der Waals surface area contributed by atoms with Crippen molar-refractivity contribution >= 4 is 12.2 Å². The number of methoxy groups -OCH3 is 1. The second kappa shape index (κ2) is 4.49. The summed E-state index contributed by atoms with van der Waals surface area (Å²) in [6.45, 7) is 2.11. The number of ether oxygens (including phenoxy) is 1. The zero-order valence-electron chi connectivity index (χ0n) is 9.20. The van der Waals surface area contributed by atoms with Gasteiger partial charge in [-0.1, -0.05) is 13.0 Å². The molecule has 0 fully saturated rings. The van der Waals surface area contributed by atoms with E-state index in [0.29, 0.717) is 10.6 Å². The van der Waals surface area contributed by atoms with Crippen molar-refractivity contribution in [1.82, 2.24) is 15.2 Å². The van der Waals surface area contributed by atoms with Gasteiger partial charge in [0.05, 0.1) is 12.7 Å². The van der Waals surface area contributed by atoms with E-state index in [1.54, 1.807) is 7.11 Å². The minimum atomic E-state index is 0.441. The summed E-state index contributed by atoms with van der Waals surface area (Å²) in [5.74, 6) is 1.50.